The van der Waals surface area contributed by atoms with Crippen LogP contribution >= 0.6 is 0 Å². The third-order valence-corrected chi connectivity index (χ3v) is 9.01. The van der Waals surface area contributed by atoms with Crippen LogP contribution in [0.3, 0.4) is 0 Å². The predicted molar refractivity (Wildman–Crippen MR) is 103 cm³/mol. The van der Waals surface area contributed by atoms with Crippen LogP contribution in [-0.4, -0.2) is 37.4 Å². The van der Waals surface area contributed by atoms with Crippen molar-refractivity contribution >= 4 is 19.9 Å². The van der Waals surface area contributed by atoms with Crippen molar-refractivity contribution in [2.45, 2.75) is 59.7 Å². The number of sulfone groups is 1. The normalized spacial score (nSPS) is 23.1. The van der Waals surface area contributed by atoms with E-state index < -0.39 is 60.4 Å². The van der Waals surface area contributed by atoms with Crippen LogP contribution in [0.5, 0.6) is 0 Å². The summed E-state index contributed by atoms with van der Waals surface area (Å²) < 4.78 is 108. The van der Waals surface area contributed by atoms with Crippen LogP contribution in [0.2, 0.25) is 0 Å². The minimum atomic E-state index is -4.77. The molecule has 1 fully saturated rings. The molecule has 2 aromatic rings. The summed E-state index contributed by atoms with van der Waals surface area (Å²) in [6, 6.07) is 2.22. The van der Waals surface area contributed by atoms with Crippen molar-refractivity contribution in [1.29, 1.82) is 0 Å². The third kappa shape index (κ3) is 4.62. The van der Waals surface area contributed by atoms with Crippen LogP contribution in [0.4, 0.5) is 17.6 Å². The van der Waals surface area contributed by atoms with E-state index in [1.54, 1.807) is 14.0 Å². The van der Waals surface area contributed by atoms with Crippen molar-refractivity contribution < 1.29 is 34.4 Å². The lowest BCUT2D eigenvalue weighted by molar-refractivity contribution is -0.137. The number of benzene rings is 1. The van der Waals surface area contributed by atoms with Gasteiger partial charge in [-0.25, -0.2) is 30.9 Å². The predicted octanol–water partition coefficient (Wildman–Crippen LogP) is 3.11. The highest BCUT2D eigenvalue weighted by Gasteiger charge is 2.48. The number of alkyl halides is 4. The maximum atomic E-state index is 15.4. The Morgan fingerprint density at radius 2 is 1.77 bits per heavy atom. The smallest absolute Gasteiger partial charge is 0.337 e. The first-order chi connectivity index (χ1) is 14.2. The second-order valence-electron chi connectivity index (χ2n) is 7.54. The number of rotatable bonds is 5. The number of aryl methyl sites for hydroxylation is 2. The zero-order valence-corrected chi connectivity index (χ0v) is 18.3. The summed E-state index contributed by atoms with van der Waals surface area (Å²) in [4.78, 5) is 3.18. The maximum absolute atomic E-state index is 15.4. The van der Waals surface area contributed by atoms with Gasteiger partial charge in [0.1, 0.15) is 5.82 Å². The molecule has 1 aromatic carbocycles. The minimum Gasteiger partial charge on any atom is -0.337 e. The standard InChI is InChI=1S/C18H21F4N3O4S2/c1-12-23-16(11-25(12)2)31(28,29)24-14-6-8-17(19,9-7-14)30(26,27)15-5-3-4-13(10-15)18(20,21)22/h3-5,10-11,14,24H,6-9H2,1-2H3/t14-,17+. The molecule has 0 amide bonds. The molecule has 0 atom stereocenters. The van der Waals surface area contributed by atoms with Crippen molar-refractivity contribution in [3.63, 3.8) is 0 Å². The van der Waals surface area contributed by atoms with E-state index in [-0.39, 0.29) is 17.9 Å². The number of halogens is 4. The molecule has 172 valence electrons. The van der Waals surface area contributed by atoms with Crippen LogP contribution in [0.25, 0.3) is 0 Å². The van der Waals surface area contributed by atoms with E-state index in [4.69, 9.17) is 0 Å². The summed E-state index contributed by atoms with van der Waals surface area (Å²) in [5.74, 6) is 0.471. The van der Waals surface area contributed by atoms with Gasteiger partial charge < -0.3 is 4.57 Å². The average molecular weight is 484 g/mol. The lowest BCUT2D eigenvalue weighted by Gasteiger charge is -2.33. The number of sulfonamides is 1. The topological polar surface area (TPSA) is 98.1 Å². The zero-order chi connectivity index (χ0) is 23.2. The summed E-state index contributed by atoms with van der Waals surface area (Å²) in [7, 11) is -7.09. The number of nitrogens with zero attached hydrogens (tertiary/aromatic N) is 2. The molecule has 1 saturated carbocycles. The molecule has 0 saturated heterocycles. The van der Waals surface area contributed by atoms with Crippen molar-refractivity contribution in [2.24, 2.45) is 7.05 Å². The molecule has 1 N–H and O–H groups in total. The van der Waals surface area contributed by atoms with Gasteiger partial charge in [-0.2, -0.15) is 13.2 Å². The second kappa shape index (κ2) is 7.85. The molecule has 0 bridgehead atoms. The first-order valence-corrected chi connectivity index (χ1v) is 12.3. The molecule has 0 radical (unpaired) electrons. The number of imidazole rings is 1. The van der Waals surface area contributed by atoms with Crippen LogP contribution in [0.1, 0.15) is 37.1 Å². The first kappa shape index (κ1) is 23.7. The Morgan fingerprint density at radius 1 is 1.16 bits per heavy atom. The van der Waals surface area contributed by atoms with Crippen LogP contribution < -0.4 is 4.72 Å². The average Bonchev–Trinajstić information content (AvgIpc) is 3.02. The van der Waals surface area contributed by atoms with Crippen molar-refractivity contribution in [3.05, 3.63) is 41.9 Å². The largest absolute Gasteiger partial charge is 0.416 e. The quantitative estimate of drug-likeness (QED) is 0.659. The van der Waals surface area contributed by atoms with E-state index in [0.29, 0.717) is 18.0 Å². The van der Waals surface area contributed by atoms with Gasteiger partial charge in [-0.1, -0.05) is 6.07 Å². The highest BCUT2D eigenvalue weighted by Crippen LogP contribution is 2.41. The summed E-state index contributed by atoms with van der Waals surface area (Å²) >= 11 is 0. The van der Waals surface area contributed by atoms with Gasteiger partial charge >= 0.3 is 6.18 Å². The van der Waals surface area contributed by atoms with Gasteiger partial charge in [0.2, 0.25) is 14.8 Å². The van der Waals surface area contributed by atoms with Gasteiger partial charge in [0.25, 0.3) is 10.0 Å². The highest BCUT2D eigenvalue weighted by atomic mass is 32.2. The zero-order valence-electron chi connectivity index (χ0n) is 16.6. The van der Waals surface area contributed by atoms with Gasteiger partial charge in [0, 0.05) is 19.3 Å². The van der Waals surface area contributed by atoms with Crippen LogP contribution in [-0.2, 0) is 33.1 Å². The number of hydrogen-bond donors (Lipinski definition) is 1. The van der Waals surface area contributed by atoms with E-state index in [9.17, 15) is 30.0 Å². The van der Waals surface area contributed by atoms with Gasteiger partial charge in [-0.3, -0.25) is 0 Å². The minimum absolute atomic E-state index is 0.139. The van der Waals surface area contributed by atoms with E-state index in [2.05, 4.69) is 9.71 Å². The van der Waals surface area contributed by atoms with Gasteiger partial charge in [-0.05, 0) is 50.8 Å². The number of hydrogen-bond acceptors (Lipinski definition) is 5. The van der Waals surface area contributed by atoms with Crippen LogP contribution in [0.15, 0.2) is 40.4 Å². The Balaban J connectivity index is 1.76. The van der Waals surface area contributed by atoms with Gasteiger partial charge in [0.05, 0.1) is 10.5 Å². The molecule has 3 rings (SSSR count). The summed E-state index contributed by atoms with van der Waals surface area (Å²) in [5.41, 5.74) is -1.19. The van der Waals surface area contributed by atoms with Gasteiger partial charge in [-0.15, -0.1) is 0 Å². The molecule has 31 heavy (non-hydrogen) atoms. The maximum Gasteiger partial charge on any atom is 0.416 e. The van der Waals surface area contributed by atoms with Gasteiger partial charge in [0.15, 0.2) is 5.03 Å². The van der Waals surface area contributed by atoms with Crippen molar-refractivity contribution in [1.82, 2.24) is 14.3 Å². The summed E-state index contributed by atoms with van der Waals surface area (Å²) in [5, 5.41) is -3.00. The Hall–Kier alpha value is -1.99. The summed E-state index contributed by atoms with van der Waals surface area (Å²) in [6.07, 6.45) is -4.84. The van der Waals surface area contributed by atoms with Crippen LogP contribution in [0, 0.1) is 6.92 Å². The molecule has 1 aliphatic rings. The Labute approximate surface area is 177 Å². The fourth-order valence-corrected chi connectivity index (χ4v) is 6.50. The number of nitrogens with one attached hydrogen (secondary N) is 1. The van der Waals surface area contributed by atoms with E-state index in [1.165, 1.54) is 10.8 Å². The molecular weight excluding hydrogens is 462 g/mol. The first-order valence-electron chi connectivity index (χ1n) is 9.29. The Bertz CT molecular complexity index is 1160. The van der Waals surface area contributed by atoms with Crippen molar-refractivity contribution in [2.75, 3.05) is 0 Å². The molecule has 7 nitrogen and oxygen atoms in total. The Morgan fingerprint density at radius 3 is 2.29 bits per heavy atom. The van der Waals surface area contributed by atoms with E-state index >= 15 is 4.39 Å². The molecule has 0 aliphatic heterocycles. The highest BCUT2D eigenvalue weighted by molar-refractivity contribution is 7.92. The third-order valence-electron chi connectivity index (χ3n) is 5.37. The van der Waals surface area contributed by atoms with Crippen molar-refractivity contribution in [3.8, 4) is 0 Å². The van der Waals surface area contributed by atoms with E-state index in [1.807, 2.05) is 0 Å². The molecule has 0 unspecified atom stereocenters. The molecule has 13 heteroatoms. The lowest BCUT2D eigenvalue weighted by atomic mass is 9.94. The lowest BCUT2D eigenvalue weighted by Crippen LogP contribution is -2.45. The summed E-state index contributed by atoms with van der Waals surface area (Å²) in [6.45, 7) is 1.62. The SMILES string of the molecule is Cc1nc(S(=O)(=O)N[C@H]2CC[C@@](F)(S(=O)(=O)c3cccc(C(F)(F)F)c3)CC2)cn1C. The molecule has 1 heterocycles. The molecule has 0 spiro atoms. The molecule has 1 aliphatic carbocycles. The van der Waals surface area contributed by atoms with E-state index in [0.717, 1.165) is 12.1 Å². The monoisotopic (exact) mass is 483 g/mol. The Kier molecular flexibility index (Phi) is 6.00. The molecule has 1 aromatic heterocycles. The second-order valence-corrected chi connectivity index (χ2v) is 11.4. The number of aromatic nitrogens is 2. The fourth-order valence-electron chi connectivity index (χ4n) is 3.42. The fraction of sp³-hybridized carbons (Fsp3) is 0.500. The molecular formula is C18H21F4N3O4S2.